The average molecular weight is 129 g/mol. The molecule has 0 unspecified atom stereocenters. The van der Waals surface area contributed by atoms with Crippen LogP contribution in [0.3, 0.4) is 0 Å². The summed E-state index contributed by atoms with van der Waals surface area (Å²) in [4.78, 5) is 0. The van der Waals surface area contributed by atoms with Crippen LogP contribution in [0, 0.1) is 0 Å². The van der Waals surface area contributed by atoms with Crippen molar-refractivity contribution in [3.63, 3.8) is 0 Å². The van der Waals surface area contributed by atoms with Crippen LogP contribution in [0.1, 0.15) is 0 Å². The molecule has 7 heavy (non-hydrogen) atoms. The molecule has 0 heterocycles. The first kappa shape index (κ1) is 6.69. The Hall–Kier alpha value is -0.310. The normalized spacial score (nSPS) is 11.3. The Labute approximate surface area is 44.2 Å². The van der Waals surface area contributed by atoms with E-state index in [0.29, 0.717) is 0 Å². The fourth-order valence-electron chi connectivity index (χ4n) is 0. The molecule has 0 aromatic carbocycles. The zero-order valence-electron chi connectivity index (χ0n) is 3.29. The SMILES string of the molecule is C=C(O)C(F)(F)Cl. The van der Waals surface area contributed by atoms with Crippen molar-refractivity contribution in [1.82, 2.24) is 0 Å². The molecule has 0 aliphatic heterocycles. The van der Waals surface area contributed by atoms with Crippen LogP contribution in [-0.2, 0) is 0 Å². The molecular weight excluding hydrogens is 125 g/mol. The van der Waals surface area contributed by atoms with E-state index in [4.69, 9.17) is 5.11 Å². The van der Waals surface area contributed by atoms with Crippen molar-refractivity contribution in [2.24, 2.45) is 0 Å². The van der Waals surface area contributed by atoms with Gasteiger partial charge in [0.05, 0.1) is 0 Å². The van der Waals surface area contributed by atoms with Gasteiger partial charge in [0.25, 0.3) is 0 Å². The molecular formula is C3H3ClF2O. The van der Waals surface area contributed by atoms with Crippen molar-refractivity contribution in [1.29, 1.82) is 0 Å². The van der Waals surface area contributed by atoms with E-state index in [0.717, 1.165) is 0 Å². The van der Waals surface area contributed by atoms with E-state index >= 15 is 0 Å². The summed E-state index contributed by atoms with van der Waals surface area (Å²) in [5, 5.41) is 4.15. The van der Waals surface area contributed by atoms with E-state index in [1.165, 1.54) is 0 Å². The highest BCUT2D eigenvalue weighted by molar-refractivity contribution is 6.23. The van der Waals surface area contributed by atoms with Crippen LogP contribution in [-0.4, -0.2) is 10.5 Å². The highest BCUT2D eigenvalue weighted by Gasteiger charge is 2.28. The molecule has 4 heteroatoms. The highest BCUT2D eigenvalue weighted by atomic mass is 35.5. The molecule has 0 bridgehead atoms. The molecule has 0 aliphatic rings. The van der Waals surface area contributed by atoms with E-state index in [1.54, 1.807) is 0 Å². The second kappa shape index (κ2) is 1.66. The lowest BCUT2D eigenvalue weighted by atomic mass is 10.6. The number of allylic oxidation sites excluding steroid dienone is 1. The van der Waals surface area contributed by atoms with Crippen LogP contribution >= 0.6 is 11.6 Å². The number of rotatable bonds is 1. The summed E-state index contributed by atoms with van der Waals surface area (Å²) in [6, 6.07) is 0. The Bertz CT molecular complexity index is 85.4. The van der Waals surface area contributed by atoms with Crippen LogP contribution in [0.15, 0.2) is 12.3 Å². The Morgan fingerprint density at radius 1 is 1.71 bits per heavy atom. The van der Waals surface area contributed by atoms with E-state index in [9.17, 15) is 8.78 Å². The van der Waals surface area contributed by atoms with Gasteiger partial charge in [-0.2, -0.15) is 8.78 Å². The van der Waals surface area contributed by atoms with Crippen LogP contribution in [0.5, 0.6) is 0 Å². The predicted octanol–water partition coefficient (Wildman–Crippen LogP) is 1.89. The summed E-state index contributed by atoms with van der Waals surface area (Å²) in [5.74, 6) is -1.32. The third-order valence-electron chi connectivity index (χ3n) is 0.327. The summed E-state index contributed by atoms with van der Waals surface area (Å²) >= 11 is 4.19. The Morgan fingerprint density at radius 3 is 1.86 bits per heavy atom. The molecule has 0 spiro atoms. The zero-order chi connectivity index (χ0) is 6.08. The Kier molecular flexibility index (Phi) is 1.58. The number of alkyl halides is 3. The minimum absolute atomic E-state index is 1.32. The van der Waals surface area contributed by atoms with Crippen molar-refractivity contribution >= 4 is 11.6 Å². The number of aliphatic hydroxyl groups excluding tert-OH is 1. The molecule has 0 aromatic rings. The van der Waals surface area contributed by atoms with Gasteiger partial charge in [-0.3, -0.25) is 0 Å². The largest absolute Gasteiger partial charge is 0.506 e. The summed E-state index contributed by atoms with van der Waals surface area (Å²) in [5.41, 5.74) is 0. The molecule has 0 saturated heterocycles. The van der Waals surface area contributed by atoms with Gasteiger partial charge in [-0.25, -0.2) is 0 Å². The molecule has 1 nitrogen and oxygen atoms in total. The van der Waals surface area contributed by atoms with Crippen LogP contribution < -0.4 is 0 Å². The lowest BCUT2D eigenvalue weighted by molar-refractivity contribution is 0.0856. The molecule has 0 fully saturated rings. The molecule has 0 amide bonds. The minimum Gasteiger partial charge on any atom is -0.506 e. The monoisotopic (exact) mass is 128 g/mol. The summed E-state index contributed by atoms with van der Waals surface area (Å²) in [6.45, 7) is 2.50. The van der Waals surface area contributed by atoms with Crippen LogP contribution in [0.4, 0.5) is 8.78 Å². The topological polar surface area (TPSA) is 20.2 Å². The summed E-state index contributed by atoms with van der Waals surface area (Å²) < 4.78 is 22.5. The Morgan fingerprint density at radius 2 is 1.86 bits per heavy atom. The molecule has 0 aliphatic carbocycles. The standard InChI is InChI=1S/C3H3ClF2O/c1-2(7)3(4,5)6/h7H,1H2. The maximum atomic E-state index is 11.3. The van der Waals surface area contributed by atoms with Crippen molar-refractivity contribution in [2.45, 2.75) is 5.38 Å². The smallest absolute Gasteiger partial charge is 0.378 e. The molecule has 1 N–H and O–H groups in total. The lowest BCUT2D eigenvalue weighted by Crippen LogP contribution is -2.07. The fourth-order valence-corrected chi connectivity index (χ4v) is 0. The number of halogens is 3. The molecule has 0 aromatic heterocycles. The van der Waals surface area contributed by atoms with Gasteiger partial charge >= 0.3 is 5.38 Å². The first-order valence-electron chi connectivity index (χ1n) is 1.39. The second-order valence-corrected chi connectivity index (χ2v) is 1.42. The average Bonchev–Trinajstić information content (AvgIpc) is 1.31. The van der Waals surface area contributed by atoms with E-state index in [1.807, 2.05) is 0 Å². The summed E-state index contributed by atoms with van der Waals surface area (Å²) in [7, 11) is 0. The molecule has 0 atom stereocenters. The number of hydrogen-bond donors (Lipinski definition) is 1. The highest BCUT2D eigenvalue weighted by Crippen LogP contribution is 2.24. The summed E-state index contributed by atoms with van der Waals surface area (Å²) in [6.07, 6.45) is 0. The van der Waals surface area contributed by atoms with Gasteiger partial charge < -0.3 is 5.11 Å². The quantitative estimate of drug-likeness (QED) is 0.422. The van der Waals surface area contributed by atoms with Crippen molar-refractivity contribution in [3.8, 4) is 0 Å². The molecule has 42 valence electrons. The number of aliphatic hydroxyl groups is 1. The fraction of sp³-hybridized carbons (Fsp3) is 0.333. The molecule has 0 radical (unpaired) electrons. The van der Waals surface area contributed by atoms with Gasteiger partial charge in [0, 0.05) is 0 Å². The van der Waals surface area contributed by atoms with Gasteiger partial charge in [-0.1, -0.05) is 6.58 Å². The van der Waals surface area contributed by atoms with E-state index < -0.39 is 11.1 Å². The van der Waals surface area contributed by atoms with Gasteiger partial charge in [0.2, 0.25) is 0 Å². The van der Waals surface area contributed by atoms with Gasteiger partial charge in [0.1, 0.15) is 0 Å². The molecule has 0 saturated carbocycles. The van der Waals surface area contributed by atoms with Gasteiger partial charge in [0.15, 0.2) is 5.76 Å². The third kappa shape index (κ3) is 2.39. The lowest BCUT2D eigenvalue weighted by Gasteiger charge is -2.01. The third-order valence-corrected chi connectivity index (χ3v) is 0.545. The molecule has 0 rings (SSSR count). The van der Waals surface area contributed by atoms with Crippen molar-refractivity contribution in [2.75, 3.05) is 0 Å². The van der Waals surface area contributed by atoms with Crippen LogP contribution in [0.25, 0.3) is 0 Å². The first-order valence-corrected chi connectivity index (χ1v) is 1.77. The van der Waals surface area contributed by atoms with Crippen molar-refractivity contribution in [3.05, 3.63) is 12.3 Å². The van der Waals surface area contributed by atoms with Gasteiger partial charge in [-0.15, -0.1) is 0 Å². The van der Waals surface area contributed by atoms with Crippen molar-refractivity contribution < 1.29 is 13.9 Å². The maximum Gasteiger partial charge on any atom is 0.378 e. The van der Waals surface area contributed by atoms with E-state index in [-0.39, 0.29) is 0 Å². The predicted molar refractivity (Wildman–Crippen MR) is 22.6 cm³/mol. The van der Waals surface area contributed by atoms with E-state index in [2.05, 4.69) is 18.2 Å². The zero-order valence-corrected chi connectivity index (χ0v) is 4.04. The maximum absolute atomic E-state index is 11.3. The minimum atomic E-state index is -3.67. The van der Waals surface area contributed by atoms with Crippen LogP contribution in [0.2, 0.25) is 0 Å². The van der Waals surface area contributed by atoms with Gasteiger partial charge in [-0.05, 0) is 11.6 Å². The Balaban J connectivity index is 3.79. The second-order valence-electron chi connectivity index (χ2n) is 0.944. The number of hydrogen-bond acceptors (Lipinski definition) is 1. The first-order chi connectivity index (χ1) is 2.94.